The van der Waals surface area contributed by atoms with E-state index in [9.17, 15) is 4.79 Å². The van der Waals surface area contributed by atoms with Crippen molar-refractivity contribution in [3.63, 3.8) is 0 Å². The predicted molar refractivity (Wildman–Crippen MR) is 88.3 cm³/mol. The van der Waals surface area contributed by atoms with Crippen LogP contribution in [0.4, 0.5) is 5.69 Å². The molecular formula is C16H21N3OS. The lowest BCUT2D eigenvalue weighted by Gasteiger charge is -2.38. The molecule has 1 aliphatic rings. The van der Waals surface area contributed by atoms with Gasteiger partial charge in [-0.1, -0.05) is 6.42 Å². The summed E-state index contributed by atoms with van der Waals surface area (Å²) in [6, 6.07) is 8.46. The fraction of sp³-hybridized carbons (Fsp3) is 0.438. The van der Waals surface area contributed by atoms with Gasteiger partial charge in [0, 0.05) is 22.5 Å². The zero-order valence-electron chi connectivity index (χ0n) is 12.4. The number of benzene rings is 1. The van der Waals surface area contributed by atoms with Crippen LogP contribution in [0.3, 0.4) is 0 Å². The number of carbonyl (C=O) groups is 1. The van der Waals surface area contributed by atoms with Crippen molar-refractivity contribution in [3.05, 3.63) is 29.1 Å². The van der Waals surface area contributed by atoms with Crippen LogP contribution in [0.15, 0.2) is 24.3 Å². The van der Waals surface area contributed by atoms with E-state index in [0.29, 0.717) is 12.1 Å². The number of carbonyl (C=O) groups excluding carboxylic acids is 1. The first-order chi connectivity index (χ1) is 10.0. The molecule has 0 bridgehead atoms. The third-order valence-electron chi connectivity index (χ3n) is 4.19. The first-order valence-corrected chi connectivity index (χ1v) is 8.24. The Hall–Kier alpha value is -1.59. The highest BCUT2D eigenvalue weighted by atomic mass is 32.1. The number of hydrazine groups is 1. The number of nitrogens with two attached hydrogens (primary N) is 1. The summed E-state index contributed by atoms with van der Waals surface area (Å²) in [4.78, 5) is 13.2. The summed E-state index contributed by atoms with van der Waals surface area (Å²) < 4.78 is 1.09. The molecule has 2 atom stereocenters. The average Bonchev–Trinajstić information content (AvgIpc) is 2.86. The maximum absolute atomic E-state index is 12.5. The van der Waals surface area contributed by atoms with Gasteiger partial charge in [-0.25, -0.2) is 5.01 Å². The molecule has 2 unspecified atom stereocenters. The second-order valence-electron chi connectivity index (χ2n) is 5.89. The third kappa shape index (κ3) is 2.89. The van der Waals surface area contributed by atoms with Crippen LogP contribution in [0, 0.1) is 0 Å². The van der Waals surface area contributed by atoms with Crippen LogP contribution in [0.2, 0.25) is 0 Å². The van der Waals surface area contributed by atoms with Crippen molar-refractivity contribution in [1.82, 2.24) is 10.4 Å². The average molecular weight is 303 g/mol. The molecule has 2 aromatic rings. The Balaban J connectivity index is 1.80. The van der Waals surface area contributed by atoms with Gasteiger partial charge in [-0.15, -0.1) is 11.3 Å². The summed E-state index contributed by atoms with van der Waals surface area (Å²) in [6.07, 6.45) is 3.50. The Labute approximate surface area is 128 Å². The number of hydrogen-bond donors (Lipinski definition) is 2. The first kappa shape index (κ1) is 14.4. The molecule has 1 fully saturated rings. The van der Waals surface area contributed by atoms with Crippen LogP contribution in [-0.4, -0.2) is 23.0 Å². The number of nitrogen functional groups attached to an aromatic ring is 1. The number of piperidine rings is 1. The molecule has 5 heteroatoms. The molecule has 1 aromatic heterocycles. The molecule has 3 N–H and O–H groups in total. The Morgan fingerprint density at radius 3 is 2.71 bits per heavy atom. The number of thiophene rings is 1. The van der Waals surface area contributed by atoms with Gasteiger partial charge in [0.2, 0.25) is 0 Å². The summed E-state index contributed by atoms with van der Waals surface area (Å²) >= 11 is 1.51. The largest absolute Gasteiger partial charge is 0.399 e. The van der Waals surface area contributed by atoms with E-state index in [4.69, 9.17) is 5.73 Å². The number of fused-ring (bicyclic) bond motifs is 1. The Morgan fingerprint density at radius 2 is 2.00 bits per heavy atom. The van der Waals surface area contributed by atoms with Crippen molar-refractivity contribution >= 4 is 33.0 Å². The zero-order valence-corrected chi connectivity index (χ0v) is 13.2. The van der Waals surface area contributed by atoms with Crippen molar-refractivity contribution in [1.29, 1.82) is 0 Å². The maximum Gasteiger partial charge on any atom is 0.275 e. The van der Waals surface area contributed by atoms with Crippen LogP contribution in [0.25, 0.3) is 10.1 Å². The van der Waals surface area contributed by atoms with E-state index in [2.05, 4.69) is 24.3 Å². The van der Waals surface area contributed by atoms with Crippen LogP contribution in [-0.2, 0) is 0 Å². The summed E-state index contributed by atoms with van der Waals surface area (Å²) in [6.45, 7) is 4.34. The standard InChI is InChI=1S/C16H21N3OS/c1-10-4-3-5-11(2)19(10)18-16(20)15-9-12-8-13(17)6-7-14(12)21-15/h6-11H,3-5,17H2,1-2H3,(H,18,20). The number of rotatable bonds is 2. The van der Waals surface area contributed by atoms with Crippen LogP contribution in [0.5, 0.6) is 0 Å². The summed E-state index contributed by atoms with van der Waals surface area (Å²) in [5.74, 6) is -0.0182. The first-order valence-electron chi connectivity index (χ1n) is 7.43. The smallest absolute Gasteiger partial charge is 0.275 e. The van der Waals surface area contributed by atoms with Crippen LogP contribution >= 0.6 is 11.3 Å². The van der Waals surface area contributed by atoms with Crippen LogP contribution in [0.1, 0.15) is 42.8 Å². The molecule has 1 saturated heterocycles. The van der Waals surface area contributed by atoms with E-state index >= 15 is 0 Å². The second-order valence-corrected chi connectivity index (χ2v) is 6.97. The summed E-state index contributed by atoms with van der Waals surface area (Å²) in [7, 11) is 0. The Bertz CT molecular complexity index is 657. The molecule has 0 aliphatic carbocycles. The lowest BCUT2D eigenvalue weighted by molar-refractivity contribution is 0.0373. The number of anilines is 1. The quantitative estimate of drug-likeness (QED) is 0.836. The SMILES string of the molecule is CC1CCCC(C)N1NC(=O)c1cc2cc(N)ccc2s1. The van der Waals surface area contributed by atoms with Gasteiger partial charge in [-0.2, -0.15) is 0 Å². The molecule has 1 aromatic carbocycles. The molecule has 4 nitrogen and oxygen atoms in total. The molecule has 1 aliphatic heterocycles. The second kappa shape index (κ2) is 5.66. The molecule has 21 heavy (non-hydrogen) atoms. The van der Waals surface area contributed by atoms with Gasteiger partial charge < -0.3 is 5.73 Å². The number of nitrogens with zero attached hydrogens (tertiary/aromatic N) is 1. The number of amides is 1. The van der Waals surface area contributed by atoms with Crippen molar-refractivity contribution < 1.29 is 4.79 Å². The highest BCUT2D eigenvalue weighted by Crippen LogP contribution is 2.28. The van der Waals surface area contributed by atoms with Crippen LogP contribution < -0.4 is 11.2 Å². The van der Waals surface area contributed by atoms with Gasteiger partial charge in [0.1, 0.15) is 0 Å². The lowest BCUT2D eigenvalue weighted by atomic mass is 10.00. The minimum atomic E-state index is -0.0182. The third-order valence-corrected chi connectivity index (χ3v) is 5.30. The van der Waals surface area contributed by atoms with E-state index in [0.717, 1.165) is 33.5 Å². The summed E-state index contributed by atoms with van der Waals surface area (Å²) in [5, 5.41) is 3.13. The minimum absolute atomic E-state index is 0.0182. The number of hydrogen-bond acceptors (Lipinski definition) is 4. The van der Waals surface area contributed by atoms with E-state index in [1.165, 1.54) is 17.8 Å². The molecule has 0 spiro atoms. The minimum Gasteiger partial charge on any atom is -0.399 e. The predicted octanol–water partition coefficient (Wildman–Crippen LogP) is 3.39. The zero-order chi connectivity index (χ0) is 15.0. The molecule has 112 valence electrons. The van der Waals surface area contributed by atoms with E-state index in [-0.39, 0.29) is 5.91 Å². The van der Waals surface area contributed by atoms with Gasteiger partial charge in [0.15, 0.2) is 0 Å². The monoisotopic (exact) mass is 303 g/mol. The molecule has 0 radical (unpaired) electrons. The van der Waals surface area contributed by atoms with Crippen molar-refractivity contribution in [3.8, 4) is 0 Å². The molecule has 0 saturated carbocycles. The van der Waals surface area contributed by atoms with Gasteiger partial charge in [-0.3, -0.25) is 10.2 Å². The summed E-state index contributed by atoms with van der Waals surface area (Å²) in [5.41, 5.74) is 9.60. The van der Waals surface area contributed by atoms with Gasteiger partial charge in [-0.05, 0) is 56.3 Å². The van der Waals surface area contributed by atoms with Gasteiger partial charge >= 0.3 is 0 Å². The normalized spacial score (nSPS) is 23.3. The maximum atomic E-state index is 12.5. The van der Waals surface area contributed by atoms with Gasteiger partial charge in [0.05, 0.1) is 4.88 Å². The van der Waals surface area contributed by atoms with Crippen molar-refractivity contribution in [2.24, 2.45) is 0 Å². The van der Waals surface area contributed by atoms with E-state index in [1.54, 1.807) is 0 Å². The lowest BCUT2D eigenvalue weighted by Crippen LogP contribution is -2.53. The highest BCUT2D eigenvalue weighted by molar-refractivity contribution is 7.20. The molecule has 2 heterocycles. The van der Waals surface area contributed by atoms with Crippen molar-refractivity contribution in [2.75, 3.05) is 5.73 Å². The number of nitrogens with one attached hydrogen (secondary N) is 1. The Morgan fingerprint density at radius 1 is 1.29 bits per heavy atom. The van der Waals surface area contributed by atoms with E-state index < -0.39 is 0 Å². The molecule has 3 rings (SSSR count). The highest BCUT2D eigenvalue weighted by Gasteiger charge is 2.26. The fourth-order valence-electron chi connectivity index (χ4n) is 2.99. The topological polar surface area (TPSA) is 58.4 Å². The molecule has 1 amide bonds. The molecular weight excluding hydrogens is 282 g/mol. The van der Waals surface area contributed by atoms with Crippen molar-refractivity contribution in [2.45, 2.75) is 45.2 Å². The fourth-order valence-corrected chi connectivity index (χ4v) is 3.92. The Kier molecular flexibility index (Phi) is 3.87. The van der Waals surface area contributed by atoms with Gasteiger partial charge in [0.25, 0.3) is 5.91 Å². The van der Waals surface area contributed by atoms with E-state index in [1.807, 2.05) is 24.3 Å².